The van der Waals surface area contributed by atoms with Crippen molar-refractivity contribution in [1.29, 1.82) is 0 Å². The van der Waals surface area contributed by atoms with Crippen LogP contribution in [-0.4, -0.2) is 22.1 Å². The molecule has 0 spiro atoms. The van der Waals surface area contributed by atoms with Crippen LogP contribution in [0.5, 0.6) is 0 Å². The molecule has 5 heteroatoms. The maximum Gasteiger partial charge on any atom is 0.129 e. The second-order valence-electron chi connectivity index (χ2n) is 3.19. The van der Waals surface area contributed by atoms with Crippen molar-refractivity contribution in [2.24, 2.45) is 0 Å². The zero-order valence-corrected chi connectivity index (χ0v) is 10.4. The van der Waals surface area contributed by atoms with Crippen LogP contribution in [0.4, 0.5) is 4.39 Å². The molecule has 0 fully saturated rings. The Morgan fingerprint density at radius 1 is 1.40 bits per heavy atom. The number of thiol groups is 1. The van der Waals surface area contributed by atoms with Crippen LogP contribution in [0, 0.1) is 5.82 Å². The summed E-state index contributed by atoms with van der Waals surface area (Å²) in [5.41, 5.74) is 0.0960. The van der Waals surface area contributed by atoms with Gasteiger partial charge in [0.1, 0.15) is 11.9 Å². The molecule has 0 amide bonds. The second-order valence-corrected chi connectivity index (χ2v) is 4.55. The molecule has 1 rings (SSSR count). The Morgan fingerprint density at radius 3 is 2.67 bits per heavy atom. The van der Waals surface area contributed by atoms with Gasteiger partial charge in [-0.3, -0.25) is 0 Å². The van der Waals surface area contributed by atoms with Gasteiger partial charge in [-0.15, -0.1) is 0 Å². The molecule has 0 saturated carbocycles. The van der Waals surface area contributed by atoms with Gasteiger partial charge in [0.2, 0.25) is 0 Å². The van der Waals surface area contributed by atoms with Crippen molar-refractivity contribution in [2.75, 3.05) is 5.75 Å². The van der Waals surface area contributed by atoms with Gasteiger partial charge in [0.15, 0.2) is 0 Å². The first kappa shape index (κ1) is 13.0. The highest BCUT2D eigenvalue weighted by molar-refractivity contribution is 9.10. The van der Waals surface area contributed by atoms with E-state index < -0.39 is 18.0 Å². The van der Waals surface area contributed by atoms with Gasteiger partial charge in [-0.1, -0.05) is 15.9 Å². The van der Waals surface area contributed by atoms with Gasteiger partial charge in [-0.25, -0.2) is 4.39 Å². The van der Waals surface area contributed by atoms with Crippen LogP contribution in [-0.2, 0) is 0 Å². The normalized spacial score (nSPS) is 15.0. The number of benzene rings is 1. The summed E-state index contributed by atoms with van der Waals surface area (Å²) in [7, 11) is 0. The monoisotopic (exact) mass is 294 g/mol. The molecule has 0 heterocycles. The fourth-order valence-electron chi connectivity index (χ4n) is 1.24. The van der Waals surface area contributed by atoms with Gasteiger partial charge in [0.05, 0.1) is 6.10 Å². The second kappa shape index (κ2) is 5.84. The number of aliphatic hydroxyl groups is 2. The van der Waals surface area contributed by atoms with E-state index in [9.17, 15) is 14.6 Å². The van der Waals surface area contributed by atoms with Crippen LogP contribution in [0.25, 0.3) is 0 Å². The zero-order valence-electron chi connectivity index (χ0n) is 7.90. The van der Waals surface area contributed by atoms with E-state index in [-0.39, 0.29) is 5.56 Å². The molecule has 84 valence electrons. The molecule has 2 atom stereocenters. The lowest BCUT2D eigenvalue weighted by molar-refractivity contribution is 0.0151. The fraction of sp³-hybridized carbons (Fsp3) is 0.400. The first-order valence-electron chi connectivity index (χ1n) is 4.48. The molecule has 0 saturated heterocycles. The molecule has 0 aliphatic rings. The smallest absolute Gasteiger partial charge is 0.129 e. The van der Waals surface area contributed by atoms with Crippen LogP contribution >= 0.6 is 28.6 Å². The van der Waals surface area contributed by atoms with Gasteiger partial charge in [0.25, 0.3) is 0 Å². The van der Waals surface area contributed by atoms with Gasteiger partial charge in [-0.2, -0.15) is 12.6 Å². The Hall–Kier alpha value is -0.100. The summed E-state index contributed by atoms with van der Waals surface area (Å²) >= 11 is 7.12. The Balaban J connectivity index is 2.89. The van der Waals surface area contributed by atoms with E-state index in [0.717, 1.165) is 0 Å². The molecule has 1 aromatic rings. The van der Waals surface area contributed by atoms with Crippen LogP contribution < -0.4 is 0 Å². The number of hydrogen-bond acceptors (Lipinski definition) is 3. The molecule has 2 N–H and O–H groups in total. The molecule has 2 nitrogen and oxygen atoms in total. The minimum atomic E-state index is -1.21. The van der Waals surface area contributed by atoms with Gasteiger partial charge >= 0.3 is 0 Å². The largest absolute Gasteiger partial charge is 0.390 e. The summed E-state index contributed by atoms with van der Waals surface area (Å²) in [4.78, 5) is 0. The molecule has 15 heavy (non-hydrogen) atoms. The van der Waals surface area contributed by atoms with Crippen molar-refractivity contribution in [2.45, 2.75) is 18.6 Å². The molecule has 2 unspecified atom stereocenters. The Bertz CT molecular complexity index is 335. The number of rotatable bonds is 4. The molecular weight excluding hydrogens is 283 g/mol. The number of aliphatic hydroxyl groups excluding tert-OH is 2. The third-order valence-electron chi connectivity index (χ3n) is 2.07. The van der Waals surface area contributed by atoms with Crippen LogP contribution in [0.2, 0.25) is 0 Å². The molecule has 0 aliphatic heterocycles. The van der Waals surface area contributed by atoms with Crippen molar-refractivity contribution in [1.82, 2.24) is 0 Å². The highest BCUT2D eigenvalue weighted by Gasteiger charge is 2.20. The van der Waals surface area contributed by atoms with E-state index >= 15 is 0 Å². The molecule has 0 aromatic heterocycles. The Kier molecular flexibility index (Phi) is 5.05. The standard InChI is InChI=1S/C10H12BrFO2S/c11-6-1-2-8(12)7(5-6)10(14)9(13)3-4-15/h1-2,5,9-10,13-15H,3-4H2. The van der Waals surface area contributed by atoms with E-state index in [0.29, 0.717) is 16.6 Å². The summed E-state index contributed by atoms with van der Waals surface area (Å²) in [6.07, 6.45) is -1.89. The summed E-state index contributed by atoms with van der Waals surface area (Å²) < 4.78 is 14.0. The quantitative estimate of drug-likeness (QED) is 0.746. The number of hydrogen-bond donors (Lipinski definition) is 3. The summed E-state index contributed by atoms with van der Waals surface area (Å²) in [6, 6.07) is 4.24. The minimum Gasteiger partial charge on any atom is -0.390 e. The van der Waals surface area contributed by atoms with E-state index in [1.807, 2.05) is 0 Å². The predicted octanol–water partition coefficient (Wildman–Crippen LogP) is 2.30. The maximum absolute atomic E-state index is 13.3. The first-order chi connectivity index (χ1) is 7.06. The lowest BCUT2D eigenvalue weighted by atomic mass is 10.0. The van der Waals surface area contributed by atoms with Crippen LogP contribution in [0.1, 0.15) is 18.1 Å². The van der Waals surface area contributed by atoms with Crippen LogP contribution in [0.15, 0.2) is 22.7 Å². The highest BCUT2D eigenvalue weighted by atomic mass is 79.9. The van der Waals surface area contributed by atoms with Gasteiger partial charge < -0.3 is 10.2 Å². The predicted molar refractivity (Wildman–Crippen MR) is 63.5 cm³/mol. The third-order valence-corrected chi connectivity index (χ3v) is 2.82. The van der Waals surface area contributed by atoms with Gasteiger partial charge in [-0.05, 0) is 30.4 Å². The lowest BCUT2D eigenvalue weighted by Crippen LogP contribution is -2.19. The van der Waals surface area contributed by atoms with Gasteiger partial charge in [0, 0.05) is 10.0 Å². The Morgan fingerprint density at radius 2 is 2.07 bits per heavy atom. The van der Waals surface area contributed by atoms with E-state index in [2.05, 4.69) is 28.6 Å². The Labute approximate surface area is 102 Å². The lowest BCUT2D eigenvalue weighted by Gasteiger charge is -2.18. The number of halogens is 2. The van der Waals surface area contributed by atoms with Crippen molar-refractivity contribution in [3.05, 3.63) is 34.1 Å². The average molecular weight is 295 g/mol. The average Bonchev–Trinajstić information content (AvgIpc) is 2.21. The molecular formula is C10H12BrFO2S. The topological polar surface area (TPSA) is 40.5 Å². The summed E-state index contributed by atoms with van der Waals surface area (Å²) in [5.74, 6) is -0.0858. The van der Waals surface area contributed by atoms with E-state index in [1.165, 1.54) is 18.2 Å². The highest BCUT2D eigenvalue weighted by Crippen LogP contribution is 2.25. The van der Waals surface area contributed by atoms with Crippen molar-refractivity contribution in [3.8, 4) is 0 Å². The van der Waals surface area contributed by atoms with Crippen molar-refractivity contribution >= 4 is 28.6 Å². The minimum absolute atomic E-state index is 0.0960. The van der Waals surface area contributed by atoms with Crippen molar-refractivity contribution in [3.63, 3.8) is 0 Å². The molecule has 1 aromatic carbocycles. The molecule has 0 aliphatic carbocycles. The third kappa shape index (κ3) is 3.45. The van der Waals surface area contributed by atoms with Crippen LogP contribution in [0.3, 0.4) is 0 Å². The first-order valence-corrected chi connectivity index (χ1v) is 5.90. The summed E-state index contributed by atoms with van der Waals surface area (Å²) in [6.45, 7) is 0. The molecule has 0 bridgehead atoms. The van der Waals surface area contributed by atoms with E-state index in [4.69, 9.17) is 0 Å². The fourth-order valence-corrected chi connectivity index (χ4v) is 1.88. The SMILES string of the molecule is OC(CCS)C(O)c1cc(Br)ccc1F. The maximum atomic E-state index is 13.3. The summed E-state index contributed by atoms with van der Waals surface area (Å²) in [5, 5.41) is 19.2. The zero-order chi connectivity index (χ0) is 11.4. The molecule has 0 radical (unpaired) electrons. The van der Waals surface area contributed by atoms with E-state index in [1.54, 1.807) is 0 Å². The van der Waals surface area contributed by atoms with Crippen molar-refractivity contribution < 1.29 is 14.6 Å².